The number of allylic oxidation sites excluding steroid dienone is 1. The molecule has 366 valence electrons. The van der Waals surface area contributed by atoms with Crippen LogP contribution in [-0.2, 0) is 25.7 Å². The van der Waals surface area contributed by atoms with E-state index in [1.54, 1.807) is 35.6 Å². The van der Waals surface area contributed by atoms with Crippen molar-refractivity contribution in [2.45, 2.75) is 117 Å². The standard InChI is InChI=1S/C55H67N5O8S/c1-6-46(38-18-24-42(61)25-19-38)50(39-20-26-43(62)27-21-39)40-22-28-45(29-23-40)68-31-30-56-48(64)12-10-8-7-9-11-13-49(65)59-52(55(3,4)5)54(67)60-34-44(63)32-47(60)53(66)57-33-37-14-16-41(17-15-37)51-36(2)58-35-69-51/h14-29,35,44,47,52,61-63H,6-13,30-34H2,1-5H3,(H,56,64)(H,57,66)(H,59,65)/t44-,47+,52?/m1/s1. The average molecular weight is 958 g/mol. The van der Waals surface area contributed by atoms with Crippen LogP contribution in [0.2, 0.25) is 0 Å². The molecule has 0 spiro atoms. The molecule has 2 heterocycles. The molecule has 0 aliphatic carbocycles. The first-order valence-corrected chi connectivity index (χ1v) is 24.9. The quantitative estimate of drug-likeness (QED) is 0.0291. The van der Waals surface area contributed by atoms with Crippen LogP contribution in [0.25, 0.3) is 21.6 Å². The molecule has 13 nitrogen and oxygen atoms in total. The van der Waals surface area contributed by atoms with E-state index in [-0.39, 0.29) is 61.1 Å². The minimum Gasteiger partial charge on any atom is -0.508 e. The smallest absolute Gasteiger partial charge is 0.246 e. The van der Waals surface area contributed by atoms with Crippen molar-refractivity contribution in [3.8, 4) is 27.7 Å². The van der Waals surface area contributed by atoms with Crippen LogP contribution >= 0.6 is 11.3 Å². The van der Waals surface area contributed by atoms with Crippen LogP contribution in [0.1, 0.15) is 113 Å². The lowest BCUT2D eigenvalue weighted by atomic mass is 9.85. The number of aliphatic hydroxyl groups is 1. The molecule has 0 radical (unpaired) electrons. The third kappa shape index (κ3) is 14.7. The molecular formula is C55H67N5O8S. The summed E-state index contributed by atoms with van der Waals surface area (Å²) in [6.07, 6.45) is 4.49. The summed E-state index contributed by atoms with van der Waals surface area (Å²) in [5.74, 6) is 0.0294. The number of hydrogen-bond acceptors (Lipinski definition) is 10. The van der Waals surface area contributed by atoms with E-state index in [0.717, 1.165) is 81.6 Å². The predicted octanol–water partition coefficient (Wildman–Crippen LogP) is 8.93. The molecular weight excluding hydrogens is 891 g/mol. The monoisotopic (exact) mass is 957 g/mol. The number of hydrogen-bond donors (Lipinski definition) is 6. The van der Waals surface area contributed by atoms with Crippen LogP contribution in [0.15, 0.2) is 103 Å². The average Bonchev–Trinajstić information content (AvgIpc) is 3.95. The fourth-order valence-electron chi connectivity index (χ4n) is 8.61. The van der Waals surface area contributed by atoms with Crippen LogP contribution in [-0.4, -0.2) is 86.7 Å². The Morgan fingerprint density at radius 3 is 1.94 bits per heavy atom. The van der Waals surface area contributed by atoms with Gasteiger partial charge < -0.3 is 40.9 Å². The molecule has 1 saturated heterocycles. The van der Waals surface area contributed by atoms with Gasteiger partial charge >= 0.3 is 0 Å². The number of aromatic nitrogens is 1. The number of β-amino-alcohol motifs (C(OH)–C–C–N with tert-alkyl or cyclic N) is 1. The number of benzene rings is 4. The van der Waals surface area contributed by atoms with E-state index >= 15 is 0 Å². The number of aryl methyl sites for hydroxylation is 1. The van der Waals surface area contributed by atoms with Crippen molar-refractivity contribution in [1.82, 2.24) is 25.8 Å². The maximum absolute atomic E-state index is 14.0. The molecule has 14 heteroatoms. The summed E-state index contributed by atoms with van der Waals surface area (Å²) in [6.45, 7) is 10.6. The fraction of sp³-hybridized carbons (Fsp3) is 0.400. The Balaban J connectivity index is 0.875. The lowest BCUT2D eigenvalue weighted by Gasteiger charge is -2.35. The molecule has 69 heavy (non-hydrogen) atoms. The van der Waals surface area contributed by atoms with Gasteiger partial charge in [0.05, 0.1) is 28.7 Å². The molecule has 1 fully saturated rings. The number of phenolic OH excluding ortho intramolecular Hbond substituents is 2. The highest BCUT2D eigenvalue weighted by atomic mass is 32.1. The molecule has 1 aliphatic rings. The minimum absolute atomic E-state index is 0.0108. The fourth-order valence-corrected chi connectivity index (χ4v) is 9.42. The second kappa shape index (κ2) is 24.7. The van der Waals surface area contributed by atoms with Crippen molar-refractivity contribution in [1.29, 1.82) is 0 Å². The second-order valence-electron chi connectivity index (χ2n) is 18.7. The van der Waals surface area contributed by atoms with Crippen LogP contribution in [0, 0.1) is 12.3 Å². The molecule has 1 aliphatic heterocycles. The number of likely N-dealkylation sites (tertiary alicyclic amines) is 1. The molecule has 1 aromatic heterocycles. The van der Waals surface area contributed by atoms with Crippen molar-refractivity contribution in [3.63, 3.8) is 0 Å². The number of carbonyl (C=O) groups is 4. The van der Waals surface area contributed by atoms with E-state index < -0.39 is 23.6 Å². The molecule has 4 aromatic carbocycles. The second-order valence-corrected chi connectivity index (χ2v) is 19.6. The highest BCUT2D eigenvalue weighted by molar-refractivity contribution is 7.13. The first kappa shape index (κ1) is 51.9. The number of carbonyl (C=O) groups excluding carboxylic acids is 4. The van der Waals surface area contributed by atoms with E-state index in [0.29, 0.717) is 31.7 Å². The Bertz CT molecular complexity index is 2510. The summed E-state index contributed by atoms with van der Waals surface area (Å²) in [5, 5.41) is 39.2. The van der Waals surface area contributed by atoms with Gasteiger partial charge in [0, 0.05) is 32.4 Å². The number of ether oxygens (including phenoxy) is 1. The van der Waals surface area contributed by atoms with Crippen LogP contribution in [0.4, 0.5) is 0 Å². The van der Waals surface area contributed by atoms with E-state index in [9.17, 15) is 34.5 Å². The first-order chi connectivity index (χ1) is 33.1. The molecule has 6 rings (SSSR count). The third-order valence-corrected chi connectivity index (χ3v) is 13.4. The van der Waals surface area contributed by atoms with Crippen LogP contribution in [0.5, 0.6) is 17.2 Å². The number of thiazole rings is 1. The van der Waals surface area contributed by atoms with Gasteiger partial charge in [0.1, 0.15) is 35.9 Å². The Kier molecular flexibility index (Phi) is 18.6. The molecule has 3 atom stereocenters. The van der Waals surface area contributed by atoms with Gasteiger partial charge in [0.2, 0.25) is 23.6 Å². The van der Waals surface area contributed by atoms with E-state index in [2.05, 4.69) is 27.9 Å². The number of aliphatic hydroxyl groups excluding tert-OH is 1. The number of rotatable bonds is 22. The Hall–Kier alpha value is -6.51. The van der Waals surface area contributed by atoms with Gasteiger partial charge in [-0.3, -0.25) is 19.2 Å². The van der Waals surface area contributed by atoms with Crippen molar-refractivity contribution >= 4 is 46.1 Å². The van der Waals surface area contributed by atoms with Gasteiger partial charge in [-0.2, -0.15) is 0 Å². The highest BCUT2D eigenvalue weighted by Gasteiger charge is 2.44. The summed E-state index contributed by atoms with van der Waals surface area (Å²) in [4.78, 5) is 60.0. The predicted molar refractivity (Wildman–Crippen MR) is 271 cm³/mol. The SMILES string of the molecule is CCC(=C(c1ccc(O)cc1)c1ccc(OCCNC(=O)CCCCCCCC(=O)NC(C(=O)N2C[C@H](O)C[C@H]2C(=O)NCc2ccc(-c3scnc3C)cc2)C(C)(C)C)cc1)c1ccc(O)cc1. The summed E-state index contributed by atoms with van der Waals surface area (Å²) in [5.41, 5.74) is 9.13. The highest BCUT2D eigenvalue weighted by Crippen LogP contribution is 2.36. The zero-order valence-corrected chi connectivity index (χ0v) is 41.2. The summed E-state index contributed by atoms with van der Waals surface area (Å²) < 4.78 is 5.95. The summed E-state index contributed by atoms with van der Waals surface area (Å²) in [6, 6.07) is 28.2. The Labute approximate surface area is 410 Å². The van der Waals surface area contributed by atoms with E-state index in [1.807, 2.05) is 106 Å². The molecule has 6 N–H and O–H groups in total. The van der Waals surface area contributed by atoms with Gasteiger partial charge in [-0.1, -0.05) is 108 Å². The summed E-state index contributed by atoms with van der Waals surface area (Å²) in [7, 11) is 0. The zero-order valence-electron chi connectivity index (χ0n) is 40.4. The Morgan fingerprint density at radius 1 is 0.783 bits per heavy atom. The van der Waals surface area contributed by atoms with Crippen molar-refractivity contribution in [2.24, 2.45) is 5.41 Å². The van der Waals surface area contributed by atoms with E-state index in [1.165, 1.54) is 4.90 Å². The number of unbranched alkanes of at least 4 members (excludes halogenated alkanes) is 4. The van der Waals surface area contributed by atoms with Crippen molar-refractivity contribution in [2.75, 3.05) is 19.7 Å². The normalized spacial score (nSPS) is 15.5. The van der Waals surface area contributed by atoms with Crippen LogP contribution in [0.3, 0.4) is 0 Å². The molecule has 5 aromatic rings. The van der Waals surface area contributed by atoms with Crippen molar-refractivity contribution in [3.05, 3.63) is 131 Å². The van der Waals surface area contributed by atoms with E-state index in [4.69, 9.17) is 4.74 Å². The molecule has 1 unspecified atom stereocenters. The maximum Gasteiger partial charge on any atom is 0.246 e. The lowest BCUT2D eigenvalue weighted by molar-refractivity contribution is -0.144. The largest absolute Gasteiger partial charge is 0.508 e. The number of nitrogens with one attached hydrogen (secondary N) is 3. The topological polar surface area (TPSA) is 190 Å². The lowest BCUT2D eigenvalue weighted by Crippen LogP contribution is -2.57. The van der Waals surface area contributed by atoms with Gasteiger partial charge in [-0.15, -0.1) is 11.3 Å². The van der Waals surface area contributed by atoms with Gasteiger partial charge in [-0.05, 0) is 107 Å². The van der Waals surface area contributed by atoms with Crippen LogP contribution < -0.4 is 20.7 Å². The number of nitrogens with zero attached hydrogens (tertiary/aromatic N) is 2. The Morgan fingerprint density at radius 2 is 1.36 bits per heavy atom. The summed E-state index contributed by atoms with van der Waals surface area (Å²) >= 11 is 1.58. The first-order valence-electron chi connectivity index (χ1n) is 24.0. The zero-order chi connectivity index (χ0) is 49.5. The molecule has 4 amide bonds. The third-order valence-electron chi connectivity index (χ3n) is 12.4. The molecule has 0 bridgehead atoms. The van der Waals surface area contributed by atoms with Gasteiger partial charge in [0.25, 0.3) is 0 Å². The van der Waals surface area contributed by atoms with Crippen molar-refractivity contribution < 1.29 is 39.2 Å². The maximum atomic E-state index is 14.0. The number of phenols is 2. The van der Waals surface area contributed by atoms with Gasteiger partial charge in [-0.25, -0.2) is 4.98 Å². The molecule has 0 saturated carbocycles. The number of aromatic hydroxyl groups is 2. The number of amides is 4. The minimum atomic E-state index is -0.886. The van der Waals surface area contributed by atoms with Gasteiger partial charge in [0.15, 0.2) is 0 Å².